The van der Waals surface area contributed by atoms with Crippen LogP contribution in [0.15, 0.2) is 114 Å². The number of ether oxygens (including phenoxy) is 3. The van der Waals surface area contributed by atoms with Crippen molar-refractivity contribution in [1.82, 2.24) is 9.55 Å². The summed E-state index contributed by atoms with van der Waals surface area (Å²) in [6.45, 7) is 1.79. The molecule has 1 fully saturated rings. The van der Waals surface area contributed by atoms with Crippen LogP contribution in [-0.4, -0.2) is 96.9 Å². The topological polar surface area (TPSA) is 286 Å². The highest BCUT2D eigenvalue weighted by Crippen LogP contribution is 2.60. The fourth-order valence-corrected chi connectivity index (χ4v) is 8.93. The molecule has 1 aromatic rings. The lowest BCUT2D eigenvalue weighted by molar-refractivity contribution is -0.161. The molecular formula is C52H81N3O16P2. The first-order valence-corrected chi connectivity index (χ1v) is 28.3. The van der Waals surface area contributed by atoms with Gasteiger partial charge in [0.15, 0.2) is 12.3 Å². The average molecular weight is 1070 g/mol. The molecule has 1 aliphatic heterocycles. The van der Waals surface area contributed by atoms with Gasteiger partial charge in [-0.05, 0) is 89.5 Å². The highest BCUT2D eigenvalue weighted by Gasteiger charge is 2.46. The maximum absolute atomic E-state index is 12.9. The Morgan fingerprint density at radius 3 is 1.95 bits per heavy atom. The lowest BCUT2D eigenvalue weighted by Gasteiger charge is -2.21. The second-order valence-corrected chi connectivity index (χ2v) is 20.2. The summed E-state index contributed by atoms with van der Waals surface area (Å²) in [5.74, 6) is -1.55. The van der Waals surface area contributed by atoms with E-state index in [1.54, 1.807) is 18.2 Å². The normalized spacial score (nSPS) is 20.2. The Labute approximate surface area is 431 Å². The van der Waals surface area contributed by atoms with Crippen LogP contribution in [0.25, 0.3) is 0 Å². The first-order chi connectivity index (χ1) is 35.1. The number of nitrogens with two attached hydrogens (primary N) is 1. The van der Waals surface area contributed by atoms with Crippen molar-refractivity contribution in [1.29, 1.82) is 0 Å². The molecule has 0 bridgehead atoms. The van der Waals surface area contributed by atoms with Crippen molar-refractivity contribution >= 4 is 33.4 Å². The largest absolute Gasteiger partial charge is 0.481 e. The number of hydrogen-bond acceptors (Lipinski definition) is 16. The number of aliphatic hydroxyl groups excluding tert-OH is 3. The molecule has 1 aromatic heterocycles. The quantitative estimate of drug-likeness (QED) is 0.0117. The minimum atomic E-state index is -5.48. The van der Waals surface area contributed by atoms with E-state index >= 15 is 0 Å². The zero-order valence-electron chi connectivity index (χ0n) is 42.5. The third-order valence-corrected chi connectivity index (χ3v) is 13.4. The number of carbonyl (C=O) groups is 2. The molecule has 19 nitrogen and oxygen atoms in total. The first kappa shape index (κ1) is 64.8. The van der Waals surface area contributed by atoms with Gasteiger partial charge in [-0.2, -0.15) is 9.29 Å². The molecule has 0 spiro atoms. The minimum Gasteiger partial charge on any atom is -0.462 e. The van der Waals surface area contributed by atoms with Gasteiger partial charge in [-0.3, -0.25) is 23.2 Å². The third-order valence-electron chi connectivity index (χ3n) is 10.8. The molecule has 0 radical (unpaired) electrons. The lowest BCUT2D eigenvalue weighted by atomic mass is 10.1. The Morgan fingerprint density at radius 1 is 0.740 bits per heavy atom. The lowest BCUT2D eigenvalue weighted by Crippen LogP contribution is -2.36. The van der Waals surface area contributed by atoms with E-state index in [1.165, 1.54) is 25.3 Å². The molecule has 1 aliphatic rings. The van der Waals surface area contributed by atoms with Gasteiger partial charge >= 0.3 is 33.3 Å². The number of hydrogen-bond donors (Lipinski definition) is 6. The van der Waals surface area contributed by atoms with Gasteiger partial charge < -0.3 is 45.1 Å². The Bertz CT molecular complexity index is 2120. The van der Waals surface area contributed by atoms with Crippen molar-refractivity contribution in [3.05, 3.63) is 120 Å². The SMILES string of the molecule is CC/C=C\C/C=C\C/C=C\C/C=C\C=C\C(O)CCCC(=O)O[C@H](COC(=O)CCCCCC/C=C\C/C=C\C/C=C\CCCCC)COP(=O)(O)OP(=O)(O)OC[C@H]1O[C@@H](n2ccc(N)nc2=O)[C@H](O)[C@@H]1O. The molecular weight excluding hydrogens is 985 g/mol. The fourth-order valence-electron chi connectivity index (χ4n) is 6.82. The zero-order chi connectivity index (χ0) is 53.6. The maximum atomic E-state index is 12.9. The second-order valence-electron chi connectivity index (χ2n) is 17.1. The molecule has 7 N–H and O–H groups in total. The maximum Gasteiger partial charge on any atom is 0.481 e. The predicted octanol–water partition coefficient (Wildman–Crippen LogP) is 9.41. The fraction of sp³-hybridized carbons (Fsp3) is 0.577. The van der Waals surface area contributed by atoms with E-state index in [4.69, 9.17) is 29.0 Å². The van der Waals surface area contributed by atoms with Crippen molar-refractivity contribution in [3.8, 4) is 0 Å². The number of nitrogen functional groups attached to an aromatic ring is 1. The summed E-state index contributed by atoms with van der Waals surface area (Å²) in [4.78, 5) is 61.9. The Hall–Kier alpha value is -4.36. The predicted molar refractivity (Wildman–Crippen MR) is 281 cm³/mol. The van der Waals surface area contributed by atoms with Gasteiger partial charge in [-0.25, -0.2) is 13.9 Å². The molecule has 0 amide bonds. The molecule has 2 rings (SSSR count). The molecule has 2 heterocycles. The number of rotatable bonds is 40. The van der Waals surface area contributed by atoms with Crippen LogP contribution in [0.2, 0.25) is 0 Å². The molecule has 21 heteroatoms. The number of nitrogens with zero attached hydrogens (tertiary/aromatic N) is 2. The van der Waals surface area contributed by atoms with Crippen LogP contribution in [0.3, 0.4) is 0 Å². The van der Waals surface area contributed by atoms with Crippen molar-refractivity contribution in [2.45, 2.75) is 173 Å². The van der Waals surface area contributed by atoms with Crippen molar-refractivity contribution in [2.75, 3.05) is 25.6 Å². The Morgan fingerprint density at radius 2 is 1.32 bits per heavy atom. The highest BCUT2D eigenvalue weighted by atomic mass is 31.3. The van der Waals surface area contributed by atoms with Crippen molar-refractivity contribution in [2.24, 2.45) is 0 Å². The summed E-state index contributed by atoms with van der Waals surface area (Å²) in [7, 11) is -11.0. The molecule has 8 atom stereocenters. The van der Waals surface area contributed by atoms with E-state index in [1.807, 2.05) is 12.2 Å². The number of unbranched alkanes of at least 4 members (excludes halogenated alkanes) is 7. The third kappa shape index (κ3) is 31.9. The highest BCUT2D eigenvalue weighted by molar-refractivity contribution is 7.61. The number of carbonyl (C=O) groups excluding carboxylic acids is 2. The van der Waals surface area contributed by atoms with Gasteiger partial charge in [0.05, 0.1) is 19.3 Å². The summed E-state index contributed by atoms with van der Waals surface area (Å²) >= 11 is 0. The van der Waals surface area contributed by atoms with Crippen molar-refractivity contribution in [3.63, 3.8) is 0 Å². The van der Waals surface area contributed by atoms with Gasteiger partial charge in [0.2, 0.25) is 0 Å². The van der Waals surface area contributed by atoms with Crippen LogP contribution >= 0.6 is 15.6 Å². The van der Waals surface area contributed by atoms with Gasteiger partial charge in [-0.15, -0.1) is 0 Å². The van der Waals surface area contributed by atoms with E-state index in [0.29, 0.717) is 6.42 Å². The first-order valence-electron chi connectivity index (χ1n) is 25.4. The number of esters is 2. The van der Waals surface area contributed by atoms with E-state index in [9.17, 15) is 48.6 Å². The number of phosphoric ester groups is 2. The summed E-state index contributed by atoms with van der Waals surface area (Å²) < 4.78 is 56.6. The van der Waals surface area contributed by atoms with Gasteiger partial charge in [0, 0.05) is 19.0 Å². The number of aliphatic hydroxyl groups is 3. The zero-order valence-corrected chi connectivity index (χ0v) is 44.3. The standard InChI is InChI=1S/C52H81N3O16P2/c1-3-5-7-9-11-13-15-17-18-19-20-22-24-26-28-30-32-36-47(57)66-40-44(69-48(58)37-33-35-43(56)34-31-29-27-25-23-21-16-14-12-10-8-6-4-2)41-67-72(62,63)71-73(64,65)68-42-45-49(59)50(60)51(70-45)55-39-38-46(53)54-52(55)61/h6,8,11-14,17-18,20-23,27,29,31,34,38-39,43-45,49-51,56,59-60H,3-5,7,9-10,15-16,19,24-26,28,30,32-33,35-37,40-42H2,1-2H3,(H,62,63)(H,64,65)(H2,53,54,61)/b8-6-,13-11-,14-12-,18-17-,22-20-,23-21-,29-27-,34-31+/t43?,44-,45-,49-,50-,51-/m1/s1. The van der Waals surface area contributed by atoms with E-state index in [2.05, 4.69) is 90.0 Å². The Kier molecular flexibility index (Phi) is 34.7. The van der Waals surface area contributed by atoms with E-state index in [-0.39, 0.29) is 31.5 Å². The molecule has 1 saturated heterocycles. The van der Waals surface area contributed by atoms with Crippen molar-refractivity contribution < 1.29 is 71.4 Å². The van der Waals surface area contributed by atoms with Crippen LogP contribution in [0.1, 0.15) is 142 Å². The smallest absolute Gasteiger partial charge is 0.462 e. The molecule has 3 unspecified atom stereocenters. The second kappa shape index (κ2) is 39.1. The number of aromatic nitrogens is 2. The monoisotopic (exact) mass is 1070 g/mol. The molecule has 0 aromatic carbocycles. The molecule has 0 aliphatic carbocycles. The number of allylic oxidation sites excluding steroid dienone is 15. The summed E-state index contributed by atoms with van der Waals surface area (Å²) in [5, 5.41) is 31.3. The summed E-state index contributed by atoms with van der Waals surface area (Å²) in [6.07, 6.45) is 39.4. The summed E-state index contributed by atoms with van der Waals surface area (Å²) in [6, 6.07) is 1.23. The van der Waals surface area contributed by atoms with Gasteiger partial charge in [0.25, 0.3) is 0 Å². The molecule has 0 saturated carbocycles. The minimum absolute atomic E-state index is 0.0545. The van der Waals surface area contributed by atoms with Crippen LogP contribution in [0, 0.1) is 0 Å². The number of phosphoric acid groups is 2. The summed E-state index contributed by atoms with van der Waals surface area (Å²) in [5.41, 5.74) is 4.57. The van der Waals surface area contributed by atoms with Crippen LogP contribution in [0.5, 0.6) is 0 Å². The average Bonchev–Trinajstić information content (AvgIpc) is 3.62. The van der Waals surface area contributed by atoms with Crippen LogP contribution in [0.4, 0.5) is 5.82 Å². The van der Waals surface area contributed by atoms with E-state index in [0.717, 1.165) is 81.4 Å². The van der Waals surface area contributed by atoms with Gasteiger partial charge in [0.1, 0.15) is 30.7 Å². The Balaban J connectivity index is 1.87. The van der Waals surface area contributed by atoms with Crippen LogP contribution < -0.4 is 11.4 Å². The van der Waals surface area contributed by atoms with Gasteiger partial charge in [-0.1, -0.05) is 137 Å². The number of anilines is 1. The van der Waals surface area contributed by atoms with Crippen LogP contribution in [-0.2, 0) is 46.3 Å². The molecule has 410 valence electrons. The van der Waals surface area contributed by atoms with E-state index < -0.39 is 89.8 Å². The molecule has 73 heavy (non-hydrogen) atoms.